The molecular formula is C38H47NO18. The zero-order valence-electron chi connectivity index (χ0n) is 33.2. The molecule has 1 N–H and O–H groups in total. The smallest absolute Gasteiger partial charge is 0.340 e. The molecular weight excluding hydrogens is 758 g/mol. The van der Waals surface area contributed by atoms with E-state index in [2.05, 4.69) is 4.98 Å². The van der Waals surface area contributed by atoms with Crippen LogP contribution in [0.2, 0.25) is 0 Å². The summed E-state index contributed by atoms with van der Waals surface area (Å²) >= 11 is 0. The van der Waals surface area contributed by atoms with Gasteiger partial charge in [-0.15, -0.1) is 0 Å². The highest BCUT2D eigenvalue weighted by Gasteiger charge is 2.92. The number of ether oxygens (including phenoxy) is 9. The third-order valence-electron chi connectivity index (χ3n) is 11.4. The summed E-state index contributed by atoms with van der Waals surface area (Å²) in [6, 6.07) is 2.89. The van der Waals surface area contributed by atoms with Gasteiger partial charge in [0.15, 0.2) is 30.0 Å². The van der Waals surface area contributed by atoms with Gasteiger partial charge in [-0.05, 0) is 26.0 Å². The number of aromatic nitrogens is 1. The summed E-state index contributed by atoms with van der Waals surface area (Å²) in [6.45, 7) is 9.67. The number of rotatable bonds is 7. The van der Waals surface area contributed by atoms with Crippen LogP contribution in [0.3, 0.4) is 0 Å². The molecule has 1 aromatic rings. The molecule has 1 spiro atoms. The van der Waals surface area contributed by atoms with Crippen LogP contribution in [0.15, 0.2) is 18.3 Å². The number of esters is 8. The van der Waals surface area contributed by atoms with Crippen molar-refractivity contribution < 1.29 is 86.1 Å². The fourth-order valence-corrected chi connectivity index (χ4v) is 9.25. The highest BCUT2D eigenvalue weighted by Crippen LogP contribution is 2.70. The lowest BCUT2D eigenvalue weighted by Gasteiger charge is -2.67. The van der Waals surface area contributed by atoms with Crippen molar-refractivity contribution in [1.82, 2.24) is 4.98 Å². The van der Waals surface area contributed by atoms with Crippen LogP contribution in [-0.2, 0) is 76.2 Å². The van der Waals surface area contributed by atoms with E-state index in [1.54, 1.807) is 6.92 Å². The van der Waals surface area contributed by atoms with Crippen LogP contribution in [0.25, 0.3) is 0 Å². The van der Waals surface area contributed by atoms with Crippen LogP contribution in [0.5, 0.6) is 0 Å². The highest BCUT2D eigenvalue weighted by molar-refractivity contribution is 5.91. The predicted molar refractivity (Wildman–Crippen MR) is 185 cm³/mol. The van der Waals surface area contributed by atoms with Crippen molar-refractivity contribution in [3.05, 3.63) is 29.6 Å². The molecule has 2 saturated carbocycles. The minimum Gasteiger partial charge on any atom is -0.465 e. The van der Waals surface area contributed by atoms with Gasteiger partial charge >= 0.3 is 47.8 Å². The van der Waals surface area contributed by atoms with Crippen molar-refractivity contribution in [2.24, 2.45) is 17.3 Å². The molecule has 19 nitrogen and oxygen atoms in total. The number of hydrogen-bond donors (Lipinski definition) is 1. The molecule has 57 heavy (non-hydrogen) atoms. The van der Waals surface area contributed by atoms with Crippen LogP contribution in [0.1, 0.15) is 91.2 Å². The number of nitrogens with zero attached hydrogens (tertiary/aromatic N) is 1. The Hall–Kier alpha value is -5.17. The zero-order valence-corrected chi connectivity index (χ0v) is 33.2. The van der Waals surface area contributed by atoms with Gasteiger partial charge in [-0.1, -0.05) is 13.8 Å². The van der Waals surface area contributed by atoms with Crippen LogP contribution >= 0.6 is 0 Å². The minimum absolute atomic E-state index is 0.0422. The normalized spacial score (nSPS) is 38.2. The van der Waals surface area contributed by atoms with E-state index in [1.165, 1.54) is 32.2 Å². The number of carbonyl (C=O) groups excluding carboxylic acids is 8. The molecule has 3 fully saturated rings. The van der Waals surface area contributed by atoms with Crippen molar-refractivity contribution in [3.8, 4) is 0 Å². The fraction of sp³-hybridized carbons (Fsp3) is 0.658. The monoisotopic (exact) mass is 805 g/mol. The van der Waals surface area contributed by atoms with E-state index < -0.39 is 138 Å². The van der Waals surface area contributed by atoms with E-state index in [0.29, 0.717) is 0 Å². The first-order chi connectivity index (χ1) is 26.5. The van der Waals surface area contributed by atoms with Crippen LogP contribution in [0, 0.1) is 17.3 Å². The Kier molecular flexibility index (Phi) is 11.5. The molecule has 19 heteroatoms. The van der Waals surface area contributed by atoms with Crippen LogP contribution in [0.4, 0.5) is 0 Å². The van der Waals surface area contributed by atoms with Gasteiger partial charge in [-0.3, -0.25) is 38.5 Å². The van der Waals surface area contributed by atoms with Crippen LogP contribution in [-0.4, -0.2) is 124 Å². The predicted octanol–water partition coefficient (Wildman–Crippen LogP) is 1.03. The number of aliphatic hydroxyl groups is 1. The maximum Gasteiger partial charge on any atom is 0.340 e. The van der Waals surface area contributed by atoms with Crippen LogP contribution < -0.4 is 0 Å². The summed E-state index contributed by atoms with van der Waals surface area (Å²) in [6.07, 6.45) is -10.5. The molecule has 312 valence electrons. The van der Waals surface area contributed by atoms with Crippen molar-refractivity contribution in [1.29, 1.82) is 0 Å². The van der Waals surface area contributed by atoms with Crippen molar-refractivity contribution >= 4 is 47.8 Å². The Morgan fingerprint density at radius 3 is 1.84 bits per heavy atom. The lowest BCUT2D eigenvalue weighted by atomic mass is 9.45. The SMILES string of the molecule is CC(=O)OC[C@]12[C@H](OC(C)=O)[C@H](OC(C)=O)[C@@H]3[C@@H](OC(C)=O)[C@@]14O[C@@]3(C)COC(=O)c1cccnc1[C@H](C)[C@@H](C)C(=O)O[C@@H]([C@H](OC(C)=O)[C@@H]2OC(C)=O)[C@]4(C)O. The molecule has 3 heterocycles. The van der Waals surface area contributed by atoms with Crippen molar-refractivity contribution in [2.75, 3.05) is 13.2 Å². The van der Waals surface area contributed by atoms with Crippen molar-refractivity contribution in [2.45, 2.75) is 129 Å². The summed E-state index contributed by atoms with van der Waals surface area (Å²) in [5, 5.41) is 13.4. The molecule has 4 aliphatic rings. The summed E-state index contributed by atoms with van der Waals surface area (Å²) < 4.78 is 54.3. The molecule has 0 aromatic carbocycles. The molecule has 4 bridgehead atoms. The van der Waals surface area contributed by atoms with Gasteiger partial charge in [0, 0.05) is 53.7 Å². The summed E-state index contributed by atoms with van der Waals surface area (Å²) in [5.74, 6) is -11.6. The van der Waals surface area contributed by atoms with Gasteiger partial charge in [-0.2, -0.15) is 0 Å². The average Bonchev–Trinajstić information content (AvgIpc) is 3.32. The van der Waals surface area contributed by atoms with E-state index in [0.717, 1.165) is 48.5 Å². The first-order valence-electron chi connectivity index (χ1n) is 18.2. The molecule has 1 saturated heterocycles. The van der Waals surface area contributed by atoms with E-state index >= 15 is 0 Å². The third kappa shape index (κ3) is 6.97. The summed E-state index contributed by atoms with van der Waals surface area (Å²) in [5.41, 5.74) is -10.1. The maximum absolute atomic E-state index is 14.3. The van der Waals surface area contributed by atoms with Gasteiger partial charge in [-0.25, -0.2) is 4.79 Å². The summed E-state index contributed by atoms with van der Waals surface area (Å²) in [7, 11) is 0. The fourth-order valence-electron chi connectivity index (χ4n) is 9.25. The Morgan fingerprint density at radius 1 is 0.772 bits per heavy atom. The lowest BCUT2D eigenvalue weighted by molar-refractivity contribution is -0.387. The molecule has 2 aliphatic heterocycles. The third-order valence-corrected chi connectivity index (χ3v) is 11.4. The van der Waals surface area contributed by atoms with Gasteiger partial charge in [0.2, 0.25) is 0 Å². The van der Waals surface area contributed by atoms with Crippen molar-refractivity contribution in [3.63, 3.8) is 0 Å². The maximum atomic E-state index is 14.3. The Labute approximate surface area is 327 Å². The number of fused-ring (bicyclic) bond motifs is 5. The quantitative estimate of drug-likeness (QED) is 0.298. The molecule has 5 rings (SSSR count). The molecule has 0 unspecified atom stereocenters. The van der Waals surface area contributed by atoms with Gasteiger partial charge < -0.3 is 47.7 Å². The Morgan fingerprint density at radius 2 is 1.30 bits per heavy atom. The van der Waals surface area contributed by atoms with Gasteiger partial charge in [0.25, 0.3) is 0 Å². The first kappa shape index (κ1) is 43.0. The number of carbonyl (C=O) groups is 8. The first-order valence-corrected chi connectivity index (χ1v) is 18.2. The Balaban J connectivity index is 2.01. The van der Waals surface area contributed by atoms with E-state index in [9.17, 15) is 43.5 Å². The number of cyclic esters (lactones) is 1. The second-order valence-corrected chi connectivity index (χ2v) is 15.3. The highest BCUT2D eigenvalue weighted by atomic mass is 16.7. The molecule has 1 aromatic heterocycles. The largest absolute Gasteiger partial charge is 0.465 e. The van der Waals surface area contributed by atoms with Gasteiger partial charge in [0.1, 0.15) is 42.0 Å². The molecule has 2 aliphatic carbocycles. The zero-order chi connectivity index (χ0) is 42.6. The number of hydrogen-bond acceptors (Lipinski definition) is 19. The van der Waals surface area contributed by atoms with E-state index in [4.69, 9.17) is 42.6 Å². The second kappa shape index (κ2) is 15.3. The standard InChI is InChI=1S/C38H47NO18/c1-16-17(2)33(46)56-30-28(52-20(5)42)32(55-23(8)45)37(15-49-18(3)40)31(54-22(7)44)27(51-19(4)41)25-29(53-21(6)43)38(37,36(30,10)48)57-35(25,9)14-50-34(47)24-12-11-13-39-26(16)24/h11-13,16-17,25,27-32,48H,14-15H2,1-10H3/t16-,17-,25-,27-,28+,29-,30+,31-,32+,35+,36+,37-,38+/m1/s1. The topological polar surface area (TPSA) is 253 Å². The average molecular weight is 806 g/mol. The van der Waals surface area contributed by atoms with E-state index in [-0.39, 0.29) is 11.3 Å². The lowest BCUT2D eigenvalue weighted by Crippen LogP contribution is -2.89. The molecule has 13 atom stereocenters. The second-order valence-electron chi connectivity index (χ2n) is 15.3. The minimum atomic E-state index is -2.82. The Bertz CT molecular complexity index is 1860. The number of pyridine rings is 1. The molecule has 0 radical (unpaired) electrons. The van der Waals surface area contributed by atoms with Gasteiger partial charge in [0.05, 0.1) is 23.1 Å². The summed E-state index contributed by atoms with van der Waals surface area (Å²) in [4.78, 5) is 111. The molecule has 0 amide bonds. The van der Waals surface area contributed by atoms with E-state index in [1.807, 2.05) is 0 Å².